The summed E-state index contributed by atoms with van der Waals surface area (Å²) in [6, 6.07) is 15.1. The van der Waals surface area contributed by atoms with Crippen molar-refractivity contribution in [2.24, 2.45) is 0 Å². The second-order valence-corrected chi connectivity index (χ2v) is 9.04. The molecule has 2 aromatic carbocycles. The Balaban J connectivity index is 1.70. The van der Waals surface area contributed by atoms with Crippen molar-refractivity contribution in [2.75, 3.05) is 19.5 Å². The van der Waals surface area contributed by atoms with Crippen LogP contribution in [0.2, 0.25) is 5.02 Å². The van der Waals surface area contributed by atoms with E-state index in [4.69, 9.17) is 20.8 Å². The quantitative estimate of drug-likeness (QED) is 0.556. The zero-order chi connectivity index (χ0) is 21.0. The molecule has 0 bridgehead atoms. The number of carbonyl (C=O) groups excluding carboxylic acids is 1. The number of anilines is 1. The van der Waals surface area contributed by atoms with Crippen LogP contribution < -0.4 is 14.8 Å². The monoisotopic (exact) mass is 452 g/mol. The van der Waals surface area contributed by atoms with E-state index in [2.05, 4.69) is 10.0 Å². The fraction of sp³-hybridized carbons (Fsp3) is 0.105. The van der Waals surface area contributed by atoms with Gasteiger partial charge in [0.1, 0.15) is 5.75 Å². The molecule has 152 valence electrons. The molecule has 0 aliphatic heterocycles. The Hall–Kier alpha value is -2.46. The summed E-state index contributed by atoms with van der Waals surface area (Å²) < 4.78 is 35.8. The molecule has 7 nitrogen and oxygen atoms in total. The number of halogens is 1. The van der Waals surface area contributed by atoms with Crippen molar-refractivity contribution in [1.82, 2.24) is 4.72 Å². The Morgan fingerprint density at radius 1 is 1.10 bits per heavy atom. The highest BCUT2D eigenvalue weighted by Crippen LogP contribution is 2.35. The van der Waals surface area contributed by atoms with E-state index in [0.29, 0.717) is 10.7 Å². The number of hydrogen-bond donors (Lipinski definition) is 2. The lowest BCUT2D eigenvalue weighted by Crippen LogP contribution is -2.18. The standard InChI is InChI=1S/C19H17ClN2O5S2/c1-21-29(24,25)18-10-8-16(27-18)19(23)22-12-3-9-17(15(20)11-12)28-14-6-4-13(26-2)5-7-14/h3-11,21H,1-2H3,(H,22,23). The van der Waals surface area contributed by atoms with Gasteiger partial charge in [-0.15, -0.1) is 0 Å². The van der Waals surface area contributed by atoms with Gasteiger partial charge in [-0.2, -0.15) is 0 Å². The van der Waals surface area contributed by atoms with Crippen LogP contribution in [0.3, 0.4) is 0 Å². The maximum Gasteiger partial charge on any atom is 0.291 e. The zero-order valence-electron chi connectivity index (χ0n) is 15.4. The zero-order valence-corrected chi connectivity index (χ0v) is 17.8. The second-order valence-electron chi connectivity index (χ2n) is 5.70. The van der Waals surface area contributed by atoms with Gasteiger partial charge < -0.3 is 14.5 Å². The van der Waals surface area contributed by atoms with Gasteiger partial charge in [-0.25, -0.2) is 13.1 Å². The lowest BCUT2D eigenvalue weighted by atomic mass is 10.3. The molecule has 10 heteroatoms. The molecular formula is C19H17ClN2O5S2. The van der Waals surface area contributed by atoms with Crippen LogP contribution >= 0.6 is 23.4 Å². The van der Waals surface area contributed by atoms with Crippen LogP contribution in [0.1, 0.15) is 10.6 Å². The van der Waals surface area contributed by atoms with Crippen LogP contribution in [0.5, 0.6) is 5.75 Å². The number of benzene rings is 2. The number of sulfonamides is 1. The van der Waals surface area contributed by atoms with E-state index in [1.807, 2.05) is 24.3 Å². The summed E-state index contributed by atoms with van der Waals surface area (Å²) in [7, 11) is -0.897. The summed E-state index contributed by atoms with van der Waals surface area (Å²) in [5, 5.41) is 2.75. The summed E-state index contributed by atoms with van der Waals surface area (Å²) in [4.78, 5) is 14.1. The second kappa shape index (κ2) is 8.91. The highest BCUT2D eigenvalue weighted by Gasteiger charge is 2.19. The number of rotatable bonds is 7. The predicted octanol–water partition coefficient (Wildman–Crippen LogP) is 4.25. The summed E-state index contributed by atoms with van der Waals surface area (Å²) in [5.41, 5.74) is 0.452. The number of amides is 1. The van der Waals surface area contributed by atoms with Crippen LogP contribution in [-0.2, 0) is 10.0 Å². The fourth-order valence-electron chi connectivity index (χ4n) is 2.31. The molecule has 1 amide bonds. The largest absolute Gasteiger partial charge is 0.497 e. The van der Waals surface area contributed by atoms with Crippen molar-refractivity contribution < 1.29 is 22.4 Å². The molecule has 0 spiro atoms. The minimum atomic E-state index is -3.76. The summed E-state index contributed by atoms with van der Waals surface area (Å²) in [6.45, 7) is 0. The Bertz CT molecular complexity index is 1130. The average molecular weight is 453 g/mol. The minimum absolute atomic E-state index is 0.133. The van der Waals surface area contributed by atoms with Gasteiger partial charge in [0.25, 0.3) is 15.9 Å². The third-order valence-corrected chi connectivity index (χ3v) is 6.61. The molecule has 3 rings (SSSR count). The van der Waals surface area contributed by atoms with Gasteiger partial charge in [0.05, 0.1) is 12.1 Å². The fourth-order valence-corrected chi connectivity index (χ4v) is 4.07. The van der Waals surface area contributed by atoms with E-state index in [1.54, 1.807) is 25.3 Å². The molecule has 2 N–H and O–H groups in total. The Kier molecular flexibility index (Phi) is 6.53. The van der Waals surface area contributed by atoms with Crippen LogP contribution in [0, 0.1) is 0 Å². The lowest BCUT2D eigenvalue weighted by Gasteiger charge is -2.08. The molecule has 0 radical (unpaired) electrons. The van der Waals surface area contributed by atoms with Gasteiger partial charge in [0.15, 0.2) is 5.76 Å². The van der Waals surface area contributed by atoms with E-state index in [-0.39, 0.29) is 10.9 Å². The third kappa shape index (κ3) is 5.13. The normalized spacial score (nSPS) is 11.3. The van der Waals surface area contributed by atoms with Crippen molar-refractivity contribution in [3.05, 3.63) is 65.4 Å². The molecule has 0 fully saturated rings. The van der Waals surface area contributed by atoms with E-state index in [9.17, 15) is 13.2 Å². The van der Waals surface area contributed by atoms with Gasteiger partial charge in [0.2, 0.25) is 5.09 Å². The number of methoxy groups -OCH3 is 1. The molecule has 0 aliphatic rings. The number of furan rings is 1. The summed E-state index contributed by atoms with van der Waals surface area (Å²) in [5.74, 6) is 0.0444. The van der Waals surface area contributed by atoms with Crippen molar-refractivity contribution in [3.63, 3.8) is 0 Å². The summed E-state index contributed by atoms with van der Waals surface area (Å²) in [6.07, 6.45) is 0. The predicted molar refractivity (Wildman–Crippen MR) is 111 cm³/mol. The highest BCUT2D eigenvalue weighted by molar-refractivity contribution is 7.99. The molecule has 0 unspecified atom stereocenters. The number of nitrogens with one attached hydrogen (secondary N) is 2. The van der Waals surface area contributed by atoms with Crippen LogP contribution in [0.4, 0.5) is 5.69 Å². The SMILES string of the molecule is CNS(=O)(=O)c1ccc(C(=O)Nc2ccc(Sc3ccc(OC)cc3)c(Cl)c2)o1. The molecule has 29 heavy (non-hydrogen) atoms. The average Bonchev–Trinajstić information content (AvgIpc) is 3.22. The molecule has 1 heterocycles. The minimum Gasteiger partial charge on any atom is -0.497 e. The Morgan fingerprint density at radius 3 is 2.45 bits per heavy atom. The van der Waals surface area contributed by atoms with Gasteiger partial charge >= 0.3 is 0 Å². The smallest absolute Gasteiger partial charge is 0.291 e. The first kappa shape index (κ1) is 21.3. The maximum absolute atomic E-state index is 12.3. The first-order valence-corrected chi connectivity index (χ1v) is 11.0. The van der Waals surface area contributed by atoms with Crippen molar-refractivity contribution in [3.8, 4) is 5.75 Å². The Labute approximate surface area is 177 Å². The van der Waals surface area contributed by atoms with Gasteiger partial charge in [0, 0.05) is 15.5 Å². The number of hydrogen-bond acceptors (Lipinski definition) is 6. The van der Waals surface area contributed by atoms with Gasteiger partial charge in [-0.05, 0) is 61.6 Å². The summed E-state index contributed by atoms with van der Waals surface area (Å²) >= 11 is 7.82. The van der Waals surface area contributed by atoms with E-state index in [0.717, 1.165) is 15.5 Å². The molecule has 0 atom stereocenters. The third-order valence-electron chi connectivity index (χ3n) is 3.82. The topological polar surface area (TPSA) is 97.6 Å². The number of ether oxygens (including phenoxy) is 1. The highest BCUT2D eigenvalue weighted by atomic mass is 35.5. The van der Waals surface area contributed by atoms with Crippen molar-refractivity contribution >= 4 is 45.0 Å². The van der Waals surface area contributed by atoms with Crippen molar-refractivity contribution in [2.45, 2.75) is 14.9 Å². The molecule has 3 aromatic rings. The Morgan fingerprint density at radius 2 is 1.83 bits per heavy atom. The molecule has 0 aliphatic carbocycles. The first-order chi connectivity index (χ1) is 13.8. The molecule has 1 aromatic heterocycles. The maximum atomic E-state index is 12.3. The van der Waals surface area contributed by atoms with E-state index < -0.39 is 15.9 Å². The van der Waals surface area contributed by atoms with Gasteiger partial charge in [-0.1, -0.05) is 23.4 Å². The van der Waals surface area contributed by atoms with Crippen LogP contribution in [-0.4, -0.2) is 28.5 Å². The lowest BCUT2D eigenvalue weighted by molar-refractivity contribution is 0.0991. The molecule has 0 saturated heterocycles. The van der Waals surface area contributed by atoms with E-state index >= 15 is 0 Å². The first-order valence-electron chi connectivity index (χ1n) is 8.28. The van der Waals surface area contributed by atoms with Crippen LogP contribution in [0.15, 0.2) is 73.9 Å². The molecule has 0 saturated carbocycles. The number of carbonyl (C=O) groups is 1. The molecular weight excluding hydrogens is 436 g/mol. The van der Waals surface area contributed by atoms with Gasteiger partial charge in [-0.3, -0.25) is 4.79 Å². The van der Waals surface area contributed by atoms with E-state index in [1.165, 1.54) is 30.9 Å². The van der Waals surface area contributed by atoms with Crippen LogP contribution in [0.25, 0.3) is 0 Å². The van der Waals surface area contributed by atoms with Crippen molar-refractivity contribution in [1.29, 1.82) is 0 Å².